The Hall–Kier alpha value is -2.66. The third-order valence-electron chi connectivity index (χ3n) is 3.52. The minimum atomic E-state index is -0.658. The van der Waals surface area contributed by atoms with Gasteiger partial charge in [0.2, 0.25) is 5.91 Å². The summed E-state index contributed by atoms with van der Waals surface area (Å²) < 4.78 is 0. The maximum absolute atomic E-state index is 12.3. The van der Waals surface area contributed by atoms with E-state index in [9.17, 15) is 9.59 Å². The van der Waals surface area contributed by atoms with Crippen molar-refractivity contribution in [2.24, 2.45) is 5.73 Å². The number of amides is 2. The highest BCUT2D eigenvalue weighted by Gasteiger charge is 2.17. The summed E-state index contributed by atoms with van der Waals surface area (Å²) in [5, 5.41) is 5.67. The number of carbonyl (C=O) groups is 2. The minimum Gasteiger partial charge on any atom is -0.347 e. The van der Waals surface area contributed by atoms with Gasteiger partial charge < -0.3 is 16.4 Å². The maximum Gasteiger partial charge on any atom is 0.251 e. The smallest absolute Gasteiger partial charge is 0.251 e. The standard InChI is InChI=1S/C20H25N3O2/c1-20(2,3)23-18(24)15-10-7-11-16(13-15)22-19(25)17(21)12-14-8-5-4-6-9-14/h4-11,13,17H,12,21H2,1-3H3,(H,22,25)(H,23,24)/t17-/m0/s1. The molecule has 0 radical (unpaired) electrons. The molecule has 0 unspecified atom stereocenters. The van der Waals surface area contributed by atoms with E-state index in [1.165, 1.54) is 0 Å². The van der Waals surface area contributed by atoms with E-state index < -0.39 is 6.04 Å². The van der Waals surface area contributed by atoms with E-state index in [-0.39, 0.29) is 17.4 Å². The highest BCUT2D eigenvalue weighted by atomic mass is 16.2. The number of nitrogens with one attached hydrogen (secondary N) is 2. The zero-order chi connectivity index (χ0) is 18.4. The Morgan fingerprint density at radius 2 is 1.72 bits per heavy atom. The molecule has 0 saturated heterocycles. The van der Waals surface area contributed by atoms with Crippen molar-refractivity contribution in [3.05, 3.63) is 65.7 Å². The number of carbonyl (C=O) groups excluding carboxylic acids is 2. The lowest BCUT2D eigenvalue weighted by Gasteiger charge is -2.20. The summed E-state index contributed by atoms with van der Waals surface area (Å²) in [4.78, 5) is 24.5. The zero-order valence-corrected chi connectivity index (χ0v) is 14.9. The second-order valence-electron chi connectivity index (χ2n) is 7.07. The van der Waals surface area contributed by atoms with Crippen molar-refractivity contribution < 1.29 is 9.59 Å². The van der Waals surface area contributed by atoms with Gasteiger partial charge in [-0.15, -0.1) is 0 Å². The second kappa shape index (κ2) is 7.94. The van der Waals surface area contributed by atoms with Crippen LogP contribution < -0.4 is 16.4 Å². The quantitative estimate of drug-likeness (QED) is 0.783. The van der Waals surface area contributed by atoms with Gasteiger partial charge in [0.05, 0.1) is 6.04 Å². The third kappa shape index (κ3) is 6.04. The third-order valence-corrected chi connectivity index (χ3v) is 3.52. The number of benzene rings is 2. The molecule has 0 bridgehead atoms. The Balaban J connectivity index is 2.01. The molecule has 5 heteroatoms. The largest absolute Gasteiger partial charge is 0.347 e. The lowest BCUT2D eigenvalue weighted by Crippen LogP contribution is -2.40. The van der Waals surface area contributed by atoms with Gasteiger partial charge in [0.1, 0.15) is 0 Å². The molecule has 25 heavy (non-hydrogen) atoms. The molecule has 0 spiro atoms. The molecule has 4 N–H and O–H groups in total. The summed E-state index contributed by atoms with van der Waals surface area (Å²) in [6.07, 6.45) is 0.455. The van der Waals surface area contributed by atoms with E-state index in [2.05, 4.69) is 10.6 Å². The molecule has 0 aliphatic carbocycles. The predicted octanol–water partition coefficient (Wildman–Crippen LogP) is 2.72. The molecule has 1 atom stereocenters. The van der Waals surface area contributed by atoms with Crippen LogP contribution in [0.5, 0.6) is 0 Å². The Bertz CT molecular complexity index is 736. The Morgan fingerprint density at radius 3 is 2.36 bits per heavy atom. The molecule has 0 aromatic heterocycles. The average molecular weight is 339 g/mol. The van der Waals surface area contributed by atoms with Crippen molar-refractivity contribution in [3.8, 4) is 0 Å². The first-order valence-electron chi connectivity index (χ1n) is 8.27. The summed E-state index contributed by atoms with van der Waals surface area (Å²) in [5.74, 6) is -0.464. The van der Waals surface area contributed by atoms with Crippen LogP contribution in [-0.4, -0.2) is 23.4 Å². The van der Waals surface area contributed by atoms with Crippen LogP contribution in [-0.2, 0) is 11.2 Å². The Kier molecular flexibility index (Phi) is 5.93. The summed E-state index contributed by atoms with van der Waals surface area (Å²) >= 11 is 0. The van der Waals surface area contributed by atoms with Crippen LogP contribution in [0.15, 0.2) is 54.6 Å². The van der Waals surface area contributed by atoms with Gasteiger partial charge in [-0.25, -0.2) is 0 Å². The highest BCUT2D eigenvalue weighted by Crippen LogP contribution is 2.13. The molecule has 2 rings (SSSR count). The van der Waals surface area contributed by atoms with E-state index in [1.807, 2.05) is 51.1 Å². The zero-order valence-electron chi connectivity index (χ0n) is 14.9. The summed E-state index contributed by atoms with van der Waals surface area (Å²) in [6.45, 7) is 5.75. The van der Waals surface area contributed by atoms with Crippen molar-refractivity contribution in [3.63, 3.8) is 0 Å². The van der Waals surface area contributed by atoms with Crippen LogP contribution in [0.25, 0.3) is 0 Å². The lowest BCUT2D eigenvalue weighted by molar-refractivity contribution is -0.117. The molecule has 0 saturated carbocycles. The SMILES string of the molecule is CC(C)(C)NC(=O)c1cccc(NC(=O)[C@@H](N)Cc2ccccc2)c1. The summed E-state index contributed by atoms with van der Waals surface area (Å²) in [6, 6.07) is 15.8. The molecule has 0 aliphatic rings. The summed E-state index contributed by atoms with van der Waals surface area (Å²) in [5.41, 5.74) is 7.71. The fourth-order valence-corrected chi connectivity index (χ4v) is 2.35. The van der Waals surface area contributed by atoms with Crippen LogP contribution in [0.4, 0.5) is 5.69 Å². The van der Waals surface area contributed by atoms with Gasteiger partial charge in [-0.3, -0.25) is 9.59 Å². The van der Waals surface area contributed by atoms with Crippen molar-refractivity contribution in [1.29, 1.82) is 0 Å². The van der Waals surface area contributed by atoms with Crippen molar-refractivity contribution in [2.45, 2.75) is 38.8 Å². The molecule has 0 aliphatic heterocycles. The molecule has 2 aromatic carbocycles. The van der Waals surface area contributed by atoms with Gasteiger partial charge >= 0.3 is 0 Å². The van der Waals surface area contributed by atoms with E-state index >= 15 is 0 Å². The van der Waals surface area contributed by atoms with Gasteiger partial charge in [-0.2, -0.15) is 0 Å². The lowest BCUT2D eigenvalue weighted by atomic mass is 10.1. The molecule has 2 aromatic rings. The highest BCUT2D eigenvalue weighted by molar-refractivity contribution is 5.98. The molecule has 0 fully saturated rings. The van der Waals surface area contributed by atoms with Crippen molar-refractivity contribution in [2.75, 3.05) is 5.32 Å². The number of anilines is 1. The second-order valence-corrected chi connectivity index (χ2v) is 7.07. The van der Waals surface area contributed by atoms with E-state index in [0.29, 0.717) is 17.7 Å². The van der Waals surface area contributed by atoms with E-state index in [0.717, 1.165) is 5.56 Å². The monoisotopic (exact) mass is 339 g/mol. The number of hydrogen-bond donors (Lipinski definition) is 3. The van der Waals surface area contributed by atoms with E-state index in [1.54, 1.807) is 24.3 Å². The fourth-order valence-electron chi connectivity index (χ4n) is 2.35. The predicted molar refractivity (Wildman–Crippen MR) is 100 cm³/mol. The number of hydrogen-bond acceptors (Lipinski definition) is 3. The van der Waals surface area contributed by atoms with E-state index in [4.69, 9.17) is 5.73 Å². The normalized spacial score (nSPS) is 12.3. The van der Waals surface area contributed by atoms with Crippen LogP contribution in [0, 0.1) is 0 Å². The van der Waals surface area contributed by atoms with Crippen LogP contribution >= 0.6 is 0 Å². The number of nitrogens with two attached hydrogens (primary N) is 1. The van der Waals surface area contributed by atoms with Gasteiger partial charge in [0.15, 0.2) is 0 Å². The first-order chi connectivity index (χ1) is 11.7. The van der Waals surface area contributed by atoms with Crippen LogP contribution in [0.3, 0.4) is 0 Å². The maximum atomic E-state index is 12.3. The van der Waals surface area contributed by atoms with Crippen molar-refractivity contribution >= 4 is 17.5 Å². The summed E-state index contributed by atoms with van der Waals surface area (Å²) in [7, 11) is 0. The van der Waals surface area contributed by atoms with Crippen LogP contribution in [0.1, 0.15) is 36.7 Å². The van der Waals surface area contributed by atoms with Crippen molar-refractivity contribution in [1.82, 2.24) is 5.32 Å². The first-order valence-corrected chi connectivity index (χ1v) is 8.27. The molecular formula is C20H25N3O2. The topological polar surface area (TPSA) is 84.2 Å². The molecule has 5 nitrogen and oxygen atoms in total. The van der Waals surface area contributed by atoms with Gasteiger partial charge in [0, 0.05) is 16.8 Å². The minimum absolute atomic E-state index is 0.183. The molecular weight excluding hydrogens is 314 g/mol. The molecule has 2 amide bonds. The fraction of sp³-hybridized carbons (Fsp3) is 0.300. The first kappa shape index (κ1) is 18.7. The Labute approximate surface area is 148 Å². The Morgan fingerprint density at radius 1 is 1.04 bits per heavy atom. The van der Waals surface area contributed by atoms with Gasteiger partial charge in [-0.1, -0.05) is 36.4 Å². The van der Waals surface area contributed by atoms with Gasteiger partial charge in [-0.05, 0) is 51.0 Å². The molecule has 0 heterocycles. The van der Waals surface area contributed by atoms with Gasteiger partial charge in [0.25, 0.3) is 5.91 Å². The molecule has 132 valence electrons. The average Bonchev–Trinajstić information content (AvgIpc) is 2.54. The van der Waals surface area contributed by atoms with Crippen LogP contribution in [0.2, 0.25) is 0 Å². The number of rotatable bonds is 5.